The van der Waals surface area contributed by atoms with Crippen molar-refractivity contribution in [2.75, 3.05) is 7.05 Å². The first kappa shape index (κ1) is 14.4. The van der Waals surface area contributed by atoms with Crippen LogP contribution in [0.3, 0.4) is 0 Å². The van der Waals surface area contributed by atoms with Crippen LogP contribution >= 0.6 is 22.9 Å². The van der Waals surface area contributed by atoms with Gasteiger partial charge in [-0.05, 0) is 38.4 Å². The average Bonchev–Trinajstić information content (AvgIpc) is 2.78. The number of nitrogens with one attached hydrogen (secondary N) is 1. The van der Waals surface area contributed by atoms with Crippen LogP contribution in [0.25, 0.3) is 0 Å². The second kappa shape index (κ2) is 6.42. The lowest BCUT2D eigenvalue weighted by Gasteiger charge is -2.21. The third-order valence-electron chi connectivity index (χ3n) is 2.79. The summed E-state index contributed by atoms with van der Waals surface area (Å²) in [7, 11) is 1.94. The summed E-state index contributed by atoms with van der Waals surface area (Å²) >= 11 is 7.91. The molecule has 2 rings (SSSR count). The molecule has 1 heterocycles. The van der Waals surface area contributed by atoms with Gasteiger partial charge in [0.1, 0.15) is 5.75 Å². The molecule has 0 aliphatic rings. The van der Waals surface area contributed by atoms with Gasteiger partial charge in [0.2, 0.25) is 0 Å². The number of ether oxygens (including phenoxy) is 1. The molecule has 4 heteroatoms. The predicted molar refractivity (Wildman–Crippen MR) is 82.4 cm³/mol. The maximum Gasteiger partial charge on any atom is 0.124 e. The summed E-state index contributed by atoms with van der Waals surface area (Å²) < 4.78 is 5.89. The fourth-order valence-corrected chi connectivity index (χ4v) is 3.31. The van der Waals surface area contributed by atoms with Gasteiger partial charge in [-0.1, -0.05) is 29.8 Å². The van der Waals surface area contributed by atoms with Crippen LogP contribution < -0.4 is 10.1 Å². The molecule has 0 spiro atoms. The molecule has 1 N–H and O–H groups in total. The van der Waals surface area contributed by atoms with E-state index >= 15 is 0 Å². The molecule has 1 aromatic carbocycles. The largest absolute Gasteiger partial charge is 0.491 e. The van der Waals surface area contributed by atoms with Crippen LogP contribution in [0.1, 0.15) is 30.3 Å². The van der Waals surface area contributed by atoms with Gasteiger partial charge in [-0.2, -0.15) is 0 Å². The highest BCUT2D eigenvalue weighted by molar-refractivity contribution is 7.10. The lowest BCUT2D eigenvalue weighted by atomic mass is 10.0. The van der Waals surface area contributed by atoms with E-state index in [0.717, 1.165) is 21.2 Å². The summed E-state index contributed by atoms with van der Waals surface area (Å²) in [6.45, 7) is 4.06. The van der Waals surface area contributed by atoms with Gasteiger partial charge in [0.25, 0.3) is 0 Å². The minimum Gasteiger partial charge on any atom is -0.491 e. The summed E-state index contributed by atoms with van der Waals surface area (Å²) in [5.74, 6) is 0.904. The van der Waals surface area contributed by atoms with Crippen molar-refractivity contribution in [3.8, 4) is 5.75 Å². The minimum atomic E-state index is 0.0578. The number of halogens is 1. The van der Waals surface area contributed by atoms with Crippen molar-refractivity contribution < 1.29 is 4.74 Å². The molecular formula is C15H18ClNOS. The maximum absolute atomic E-state index is 6.25. The smallest absolute Gasteiger partial charge is 0.124 e. The highest BCUT2D eigenvalue weighted by Gasteiger charge is 2.20. The Labute approximate surface area is 123 Å². The van der Waals surface area contributed by atoms with E-state index in [1.807, 2.05) is 50.5 Å². The molecule has 102 valence electrons. The lowest BCUT2D eigenvalue weighted by molar-refractivity contribution is 0.239. The Bertz CT molecular complexity index is 538. The maximum atomic E-state index is 6.25. The zero-order valence-corrected chi connectivity index (χ0v) is 12.9. The van der Waals surface area contributed by atoms with Crippen molar-refractivity contribution in [2.24, 2.45) is 0 Å². The van der Waals surface area contributed by atoms with Crippen LogP contribution in [0.4, 0.5) is 0 Å². The molecule has 0 fully saturated rings. The van der Waals surface area contributed by atoms with Crippen molar-refractivity contribution in [2.45, 2.75) is 26.0 Å². The topological polar surface area (TPSA) is 21.3 Å². The SMILES string of the molecule is CNC(c1ccccc1OC(C)C)c1sccc1Cl. The number of rotatable bonds is 5. The fourth-order valence-electron chi connectivity index (χ4n) is 2.02. The van der Waals surface area contributed by atoms with Crippen molar-refractivity contribution in [1.29, 1.82) is 0 Å². The Morgan fingerprint density at radius 2 is 1.95 bits per heavy atom. The highest BCUT2D eigenvalue weighted by atomic mass is 35.5. The van der Waals surface area contributed by atoms with Crippen LogP contribution in [-0.4, -0.2) is 13.2 Å². The van der Waals surface area contributed by atoms with E-state index in [4.69, 9.17) is 16.3 Å². The molecule has 0 radical (unpaired) electrons. The summed E-state index contributed by atoms with van der Waals surface area (Å²) in [5.41, 5.74) is 1.11. The third kappa shape index (κ3) is 3.30. The molecule has 0 aliphatic heterocycles. The second-order valence-electron chi connectivity index (χ2n) is 4.56. The fraction of sp³-hybridized carbons (Fsp3) is 0.333. The van der Waals surface area contributed by atoms with Crippen LogP contribution in [0.5, 0.6) is 5.75 Å². The van der Waals surface area contributed by atoms with E-state index < -0.39 is 0 Å². The predicted octanol–water partition coefficient (Wildman–Crippen LogP) is 4.50. The number of thiophene rings is 1. The molecule has 2 nitrogen and oxygen atoms in total. The number of para-hydroxylation sites is 1. The molecule has 1 atom stereocenters. The molecule has 0 bridgehead atoms. The zero-order chi connectivity index (χ0) is 13.8. The van der Waals surface area contributed by atoms with E-state index in [2.05, 4.69) is 11.4 Å². The van der Waals surface area contributed by atoms with E-state index in [1.165, 1.54) is 0 Å². The Balaban J connectivity index is 2.41. The van der Waals surface area contributed by atoms with Gasteiger partial charge in [0.05, 0.1) is 17.2 Å². The average molecular weight is 296 g/mol. The van der Waals surface area contributed by atoms with Gasteiger partial charge in [-0.15, -0.1) is 11.3 Å². The van der Waals surface area contributed by atoms with Gasteiger partial charge < -0.3 is 10.1 Å². The second-order valence-corrected chi connectivity index (χ2v) is 5.91. The first-order valence-electron chi connectivity index (χ1n) is 6.29. The van der Waals surface area contributed by atoms with Crippen molar-refractivity contribution in [3.63, 3.8) is 0 Å². The Kier molecular flexibility index (Phi) is 4.86. The molecule has 2 aromatic rings. The third-order valence-corrected chi connectivity index (χ3v) is 4.21. The molecule has 1 unspecified atom stereocenters. The minimum absolute atomic E-state index is 0.0578. The molecule has 0 aliphatic carbocycles. The number of hydrogen-bond acceptors (Lipinski definition) is 3. The molecule has 0 saturated carbocycles. The number of hydrogen-bond donors (Lipinski definition) is 1. The van der Waals surface area contributed by atoms with Gasteiger partial charge in [0, 0.05) is 10.4 Å². The summed E-state index contributed by atoms with van der Waals surface area (Å²) in [6, 6.07) is 10.1. The van der Waals surface area contributed by atoms with Crippen LogP contribution in [-0.2, 0) is 0 Å². The molecule has 19 heavy (non-hydrogen) atoms. The van der Waals surface area contributed by atoms with Crippen molar-refractivity contribution in [3.05, 3.63) is 51.2 Å². The van der Waals surface area contributed by atoms with E-state index in [-0.39, 0.29) is 12.1 Å². The molecule has 1 aromatic heterocycles. The van der Waals surface area contributed by atoms with Gasteiger partial charge in [-0.3, -0.25) is 0 Å². The first-order valence-corrected chi connectivity index (χ1v) is 7.55. The van der Waals surface area contributed by atoms with Crippen LogP contribution in [0.2, 0.25) is 5.02 Å². The summed E-state index contributed by atoms with van der Waals surface area (Å²) in [6.07, 6.45) is 0.150. The Morgan fingerprint density at radius 3 is 2.53 bits per heavy atom. The van der Waals surface area contributed by atoms with Crippen molar-refractivity contribution >= 4 is 22.9 Å². The highest BCUT2D eigenvalue weighted by Crippen LogP contribution is 2.36. The van der Waals surface area contributed by atoms with Gasteiger partial charge in [0.15, 0.2) is 0 Å². The van der Waals surface area contributed by atoms with Gasteiger partial charge >= 0.3 is 0 Å². The monoisotopic (exact) mass is 295 g/mol. The lowest BCUT2D eigenvalue weighted by Crippen LogP contribution is -2.19. The van der Waals surface area contributed by atoms with Crippen LogP contribution in [0, 0.1) is 0 Å². The zero-order valence-electron chi connectivity index (χ0n) is 11.3. The molecular weight excluding hydrogens is 278 g/mol. The first-order chi connectivity index (χ1) is 9.13. The Morgan fingerprint density at radius 1 is 1.21 bits per heavy atom. The van der Waals surface area contributed by atoms with E-state index in [0.29, 0.717) is 0 Å². The van der Waals surface area contributed by atoms with Gasteiger partial charge in [-0.25, -0.2) is 0 Å². The van der Waals surface area contributed by atoms with Crippen molar-refractivity contribution in [1.82, 2.24) is 5.32 Å². The molecule has 0 saturated heterocycles. The quantitative estimate of drug-likeness (QED) is 0.877. The normalized spacial score (nSPS) is 12.7. The number of benzene rings is 1. The van der Waals surface area contributed by atoms with E-state index in [9.17, 15) is 0 Å². The Hall–Kier alpha value is -1.03. The molecule has 0 amide bonds. The summed E-state index contributed by atoms with van der Waals surface area (Å²) in [5, 5.41) is 6.12. The standard InChI is InChI=1S/C15H18ClNOS/c1-10(2)18-13-7-5-4-6-11(13)14(17-3)15-12(16)8-9-19-15/h4-10,14,17H,1-3H3. The van der Waals surface area contributed by atoms with Crippen LogP contribution in [0.15, 0.2) is 35.7 Å². The van der Waals surface area contributed by atoms with E-state index in [1.54, 1.807) is 11.3 Å². The summed E-state index contributed by atoms with van der Waals surface area (Å²) in [4.78, 5) is 1.11.